The summed E-state index contributed by atoms with van der Waals surface area (Å²) in [7, 11) is 0. The Bertz CT molecular complexity index is 367. The van der Waals surface area contributed by atoms with Crippen LogP contribution >= 0.6 is 15.9 Å². The van der Waals surface area contributed by atoms with Gasteiger partial charge in [0, 0.05) is 17.1 Å². The summed E-state index contributed by atoms with van der Waals surface area (Å²) in [5, 5.41) is 13.0. The van der Waals surface area contributed by atoms with Crippen molar-refractivity contribution in [2.75, 3.05) is 6.54 Å². The molecule has 1 aromatic carbocycles. The highest BCUT2D eigenvalue weighted by Crippen LogP contribution is 2.32. The van der Waals surface area contributed by atoms with Crippen LogP contribution < -0.4 is 5.32 Å². The molecule has 0 saturated carbocycles. The molecule has 3 heteroatoms. The molecule has 0 heterocycles. The molecule has 1 aliphatic carbocycles. The fourth-order valence-electron chi connectivity index (χ4n) is 2.22. The molecule has 1 aliphatic rings. The van der Waals surface area contributed by atoms with Crippen molar-refractivity contribution in [2.24, 2.45) is 0 Å². The Morgan fingerprint density at radius 3 is 3.12 bits per heavy atom. The van der Waals surface area contributed by atoms with Crippen LogP contribution in [0, 0.1) is 0 Å². The van der Waals surface area contributed by atoms with E-state index in [9.17, 15) is 5.11 Å². The van der Waals surface area contributed by atoms with E-state index in [0.29, 0.717) is 12.6 Å². The first kappa shape index (κ1) is 12.1. The van der Waals surface area contributed by atoms with E-state index >= 15 is 0 Å². The van der Waals surface area contributed by atoms with Gasteiger partial charge in [-0.1, -0.05) is 28.9 Å². The maximum Gasteiger partial charge on any atom is 0.0662 e. The first-order valence-electron chi connectivity index (χ1n) is 5.90. The molecule has 2 rings (SSSR count). The van der Waals surface area contributed by atoms with Crippen LogP contribution in [0.1, 0.15) is 36.9 Å². The van der Waals surface area contributed by atoms with Gasteiger partial charge in [-0.15, -0.1) is 0 Å². The van der Waals surface area contributed by atoms with E-state index in [4.69, 9.17) is 0 Å². The molecule has 0 aromatic heterocycles. The Morgan fingerprint density at radius 1 is 1.56 bits per heavy atom. The highest BCUT2D eigenvalue weighted by molar-refractivity contribution is 9.10. The van der Waals surface area contributed by atoms with Crippen LogP contribution in [0.25, 0.3) is 0 Å². The van der Waals surface area contributed by atoms with Crippen LogP contribution in [0.2, 0.25) is 0 Å². The predicted molar refractivity (Wildman–Crippen MR) is 69.5 cm³/mol. The molecule has 2 atom stereocenters. The lowest BCUT2D eigenvalue weighted by Gasteiger charge is -2.16. The molecule has 1 aromatic rings. The molecule has 0 aliphatic heterocycles. The Balaban J connectivity index is 2.01. The van der Waals surface area contributed by atoms with Gasteiger partial charge in [0.15, 0.2) is 0 Å². The second-order valence-electron chi connectivity index (χ2n) is 4.40. The minimum Gasteiger partial charge on any atom is -0.392 e. The number of hydrogen-bond donors (Lipinski definition) is 2. The predicted octanol–water partition coefficient (Wildman–Crippen LogP) is 2.80. The summed E-state index contributed by atoms with van der Waals surface area (Å²) in [6, 6.07) is 6.90. The number of hydrogen-bond acceptors (Lipinski definition) is 2. The molecule has 2 N–H and O–H groups in total. The normalized spacial score (nSPS) is 20.8. The van der Waals surface area contributed by atoms with Gasteiger partial charge in [0.1, 0.15) is 0 Å². The number of aliphatic hydroxyl groups excluding tert-OH is 1. The van der Waals surface area contributed by atoms with Gasteiger partial charge < -0.3 is 10.4 Å². The standard InChI is InChI=1S/C13H18BrNO/c1-2-11(16)8-15-13-6-3-9-7-10(14)4-5-12(9)13/h4-5,7,11,13,15-16H,2-3,6,8H2,1H3. The average Bonchev–Trinajstić information content (AvgIpc) is 2.68. The molecule has 0 spiro atoms. The largest absolute Gasteiger partial charge is 0.392 e. The zero-order valence-electron chi connectivity index (χ0n) is 9.54. The van der Waals surface area contributed by atoms with Gasteiger partial charge in [-0.25, -0.2) is 0 Å². The lowest BCUT2D eigenvalue weighted by atomic mass is 10.1. The second-order valence-corrected chi connectivity index (χ2v) is 5.32. The molecule has 0 radical (unpaired) electrons. The molecular formula is C13H18BrNO. The lowest BCUT2D eigenvalue weighted by molar-refractivity contribution is 0.163. The summed E-state index contributed by atoms with van der Waals surface area (Å²) < 4.78 is 1.15. The number of benzene rings is 1. The second kappa shape index (κ2) is 5.30. The van der Waals surface area contributed by atoms with Crippen molar-refractivity contribution in [3.05, 3.63) is 33.8 Å². The van der Waals surface area contributed by atoms with Crippen LogP contribution in [0.5, 0.6) is 0 Å². The molecular weight excluding hydrogens is 266 g/mol. The summed E-state index contributed by atoms with van der Waals surface area (Å²) in [4.78, 5) is 0. The fraction of sp³-hybridized carbons (Fsp3) is 0.538. The minimum absolute atomic E-state index is 0.223. The molecule has 0 fully saturated rings. The van der Waals surface area contributed by atoms with Crippen LogP contribution in [0.15, 0.2) is 22.7 Å². The topological polar surface area (TPSA) is 32.3 Å². The summed E-state index contributed by atoms with van der Waals surface area (Å²) in [5.74, 6) is 0. The van der Waals surface area contributed by atoms with Crippen molar-refractivity contribution in [2.45, 2.75) is 38.3 Å². The van der Waals surface area contributed by atoms with Crippen molar-refractivity contribution in [1.82, 2.24) is 5.32 Å². The van der Waals surface area contributed by atoms with Crippen LogP contribution in [0.4, 0.5) is 0 Å². The Kier molecular flexibility index (Phi) is 4.00. The monoisotopic (exact) mass is 283 g/mol. The lowest BCUT2D eigenvalue weighted by Crippen LogP contribution is -2.28. The first-order chi connectivity index (χ1) is 7.70. The summed E-state index contributed by atoms with van der Waals surface area (Å²) in [5.41, 5.74) is 2.82. The fourth-order valence-corrected chi connectivity index (χ4v) is 2.63. The zero-order chi connectivity index (χ0) is 11.5. The average molecular weight is 284 g/mol. The molecule has 2 nitrogen and oxygen atoms in total. The van der Waals surface area contributed by atoms with E-state index in [1.54, 1.807) is 0 Å². The van der Waals surface area contributed by atoms with E-state index in [2.05, 4.69) is 39.4 Å². The van der Waals surface area contributed by atoms with Gasteiger partial charge in [0.05, 0.1) is 6.10 Å². The number of rotatable bonds is 4. The summed E-state index contributed by atoms with van der Waals surface area (Å²) in [6.07, 6.45) is 2.86. The third-order valence-corrected chi connectivity index (χ3v) is 3.75. The number of fused-ring (bicyclic) bond motifs is 1. The SMILES string of the molecule is CCC(O)CNC1CCc2cc(Br)ccc21. The Hall–Kier alpha value is -0.380. The van der Waals surface area contributed by atoms with Crippen molar-refractivity contribution < 1.29 is 5.11 Å². The van der Waals surface area contributed by atoms with Crippen molar-refractivity contribution in [3.8, 4) is 0 Å². The number of aryl methyl sites for hydroxylation is 1. The van der Waals surface area contributed by atoms with Gasteiger partial charge in [-0.2, -0.15) is 0 Å². The van der Waals surface area contributed by atoms with Crippen LogP contribution in [-0.4, -0.2) is 17.8 Å². The zero-order valence-corrected chi connectivity index (χ0v) is 11.1. The smallest absolute Gasteiger partial charge is 0.0662 e. The van der Waals surface area contributed by atoms with Crippen molar-refractivity contribution in [3.63, 3.8) is 0 Å². The van der Waals surface area contributed by atoms with E-state index < -0.39 is 0 Å². The molecule has 2 unspecified atom stereocenters. The minimum atomic E-state index is -0.223. The quantitative estimate of drug-likeness (QED) is 0.891. The first-order valence-corrected chi connectivity index (χ1v) is 6.69. The molecule has 16 heavy (non-hydrogen) atoms. The van der Waals surface area contributed by atoms with Gasteiger partial charge in [0.25, 0.3) is 0 Å². The van der Waals surface area contributed by atoms with Crippen molar-refractivity contribution in [1.29, 1.82) is 0 Å². The van der Waals surface area contributed by atoms with Crippen molar-refractivity contribution >= 4 is 15.9 Å². The third kappa shape index (κ3) is 2.65. The highest BCUT2D eigenvalue weighted by Gasteiger charge is 2.22. The number of halogens is 1. The molecule has 0 bridgehead atoms. The van der Waals surface area contributed by atoms with E-state index in [-0.39, 0.29) is 6.10 Å². The third-order valence-electron chi connectivity index (χ3n) is 3.25. The maximum atomic E-state index is 9.54. The summed E-state index contributed by atoms with van der Waals surface area (Å²) in [6.45, 7) is 2.70. The Morgan fingerprint density at radius 2 is 2.38 bits per heavy atom. The van der Waals surface area contributed by atoms with Crippen LogP contribution in [-0.2, 0) is 6.42 Å². The molecule has 0 saturated heterocycles. The van der Waals surface area contributed by atoms with E-state index in [1.807, 2.05) is 6.92 Å². The highest BCUT2D eigenvalue weighted by atomic mass is 79.9. The van der Waals surface area contributed by atoms with E-state index in [1.165, 1.54) is 11.1 Å². The van der Waals surface area contributed by atoms with Gasteiger partial charge >= 0.3 is 0 Å². The van der Waals surface area contributed by atoms with E-state index in [0.717, 1.165) is 23.7 Å². The summed E-state index contributed by atoms with van der Waals surface area (Å²) >= 11 is 3.50. The molecule has 88 valence electrons. The van der Waals surface area contributed by atoms with Crippen LogP contribution in [0.3, 0.4) is 0 Å². The van der Waals surface area contributed by atoms with Gasteiger partial charge in [-0.05, 0) is 42.5 Å². The molecule has 0 amide bonds. The number of nitrogens with one attached hydrogen (secondary N) is 1. The van der Waals surface area contributed by atoms with Gasteiger partial charge in [0.2, 0.25) is 0 Å². The maximum absolute atomic E-state index is 9.54. The number of aliphatic hydroxyl groups is 1. The van der Waals surface area contributed by atoms with Gasteiger partial charge in [-0.3, -0.25) is 0 Å². The Labute approximate surface area is 105 Å².